The van der Waals surface area contributed by atoms with Crippen molar-refractivity contribution in [1.82, 2.24) is 29.1 Å². The second-order valence-electron chi connectivity index (χ2n) is 12.0. The molecule has 0 spiro atoms. The summed E-state index contributed by atoms with van der Waals surface area (Å²) in [7, 11) is -3.20. The Kier molecular flexibility index (Phi) is 8.33. The number of aryl methyl sites for hydroxylation is 1. The van der Waals surface area contributed by atoms with E-state index >= 15 is 0 Å². The number of pyridine rings is 1. The maximum Gasteiger partial charge on any atom is 0.262 e. The van der Waals surface area contributed by atoms with Crippen molar-refractivity contribution in [1.29, 1.82) is 0 Å². The third-order valence-corrected chi connectivity index (χ3v) is 11.4. The van der Waals surface area contributed by atoms with Crippen LogP contribution in [-0.4, -0.2) is 91.0 Å². The number of ether oxygens (including phenoxy) is 1. The summed E-state index contributed by atoms with van der Waals surface area (Å²) in [6.45, 7) is 7.92. The molecule has 12 nitrogen and oxygen atoms in total. The molecule has 3 aliphatic rings. The minimum atomic E-state index is -3.20. The summed E-state index contributed by atoms with van der Waals surface area (Å²) in [5.74, 6) is 0.582. The van der Waals surface area contributed by atoms with Crippen LogP contribution in [0.25, 0.3) is 22.3 Å². The number of piperidine rings is 1. The third kappa shape index (κ3) is 6.21. The third-order valence-electron chi connectivity index (χ3n) is 8.99. The Labute approximate surface area is 266 Å². The number of sulfonamides is 1. The number of nitrogens with one attached hydrogen (secondary N) is 2. The second-order valence-corrected chi connectivity index (χ2v) is 15.2. The highest BCUT2D eigenvalue weighted by molar-refractivity contribution is 7.88. The van der Waals surface area contributed by atoms with Crippen molar-refractivity contribution in [3.63, 3.8) is 0 Å². The van der Waals surface area contributed by atoms with Crippen LogP contribution in [0.3, 0.4) is 0 Å². The van der Waals surface area contributed by atoms with Crippen LogP contribution in [-0.2, 0) is 14.8 Å². The first kappa shape index (κ1) is 30.2. The lowest BCUT2D eigenvalue weighted by atomic mass is 9.99. The molecule has 0 aliphatic carbocycles. The summed E-state index contributed by atoms with van der Waals surface area (Å²) in [4.78, 5) is 32.0. The zero-order chi connectivity index (χ0) is 31.1. The smallest absolute Gasteiger partial charge is 0.262 e. The molecule has 3 saturated heterocycles. The summed E-state index contributed by atoms with van der Waals surface area (Å²) in [6.07, 6.45) is 5.16. The Balaban J connectivity index is 1.19. The Morgan fingerprint density at radius 2 is 1.80 bits per heavy atom. The number of fused-ring (bicyclic) bond motifs is 1. The van der Waals surface area contributed by atoms with E-state index in [2.05, 4.69) is 32.7 Å². The molecule has 0 amide bonds. The standard InChI is InChI=1S/C31H38N8O4S2/c1-20-27(35-29(44-20)21-7-12-38(13-8-21)45(2,41)42)26-17-22-18-33-31(36-28(22)39(30(26)40)25-9-16-43-19-25)34-23-3-5-24(6-4-23)37-14-10-32-11-15-37/h3-6,17-18,21,25,32H,7-16,19H2,1-2H3,(H,33,34,36). The van der Waals surface area contributed by atoms with Crippen LogP contribution in [0, 0.1) is 6.92 Å². The van der Waals surface area contributed by atoms with Gasteiger partial charge in [0.2, 0.25) is 16.0 Å². The molecule has 3 aliphatic heterocycles. The largest absolute Gasteiger partial charge is 0.379 e. The molecule has 238 valence electrons. The lowest BCUT2D eigenvalue weighted by Gasteiger charge is -2.29. The van der Waals surface area contributed by atoms with E-state index in [-0.39, 0.29) is 17.5 Å². The van der Waals surface area contributed by atoms with Crippen molar-refractivity contribution >= 4 is 49.7 Å². The van der Waals surface area contributed by atoms with E-state index < -0.39 is 10.0 Å². The topological polar surface area (TPSA) is 135 Å². The first-order valence-electron chi connectivity index (χ1n) is 15.5. The van der Waals surface area contributed by atoms with Gasteiger partial charge in [0.05, 0.1) is 35.2 Å². The number of hydrogen-bond donors (Lipinski definition) is 2. The minimum Gasteiger partial charge on any atom is -0.379 e. The molecule has 0 bridgehead atoms. The highest BCUT2D eigenvalue weighted by Gasteiger charge is 2.30. The quantitative estimate of drug-likeness (QED) is 0.306. The molecule has 14 heteroatoms. The maximum absolute atomic E-state index is 14.2. The molecule has 3 aromatic heterocycles. The van der Waals surface area contributed by atoms with Crippen LogP contribution in [0.4, 0.5) is 17.3 Å². The van der Waals surface area contributed by atoms with Crippen LogP contribution < -0.4 is 21.1 Å². The molecule has 1 aromatic carbocycles. The SMILES string of the molecule is Cc1sc(C2CCN(S(C)(=O)=O)CC2)nc1-c1cc2cnc(Nc3ccc(N4CCNCC4)cc3)nc2n(C2CCOC2)c1=O. The number of thiazole rings is 1. The van der Waals surface area contributed by atoms with Gasteiger partial charge in [0.15, 0.2) is 0 Å². The Morgan fingerprint density at radius 1 is 1.04 bits per heavy atom. The fourth-order valence-electron chi connectivity index (χ4n) is 6.50. The molecule has 0 radical (unpaired) electrons. The van der Waals surface area contributed by atoms with E-state index in [1.165, 1.54) is 16.2 Å². The molecule has 4 aromatic rings. The summed E-state index contributed by atoms with van der Waals surface area (Å²) >= 11 is 1.59. The van der Waals surface area contributed by atoms with Crippen molar-refractivity contribution in [2.45, 2.75) is 38.1 Å². The van der Waals surface area contributed by atoms with E-state index in [0.29, 0.717) is 62.0 Å². The average Bonchev–Trinajstić information content (AvgIpc) is 3.71. The molecule has 7 rings (SSSR count). The van der Waals surface area contributed by atoms with E-state index in [4.69, 9.17) is 14.7 Å². The molecule has 2 N–H and O–H groups in total. The van der Waals surface area contributed by atoms with Gasteiger partial charge in [0.1, 0.15) is 5.65 Å². The normalized spacial score (nSPS) is 20.2. The fraction of sp³-hybridized carbons (Fsp3) is 0.484. The van der Waals surface area contributed by atoms with Gasteiger partial charge in [-0.1, -0.05) is 0 Å². The highest BCUT2D eigenvalue weighted by atomic mass is 32.2. The van der Waals surface area contributed by atoms with Crippen molar-refractivity contribution < 1.29 is 13.2 Å². The molecular weight excluding hydrogens is 613 g/mol. The second kappa shape index (κ2) is 12.4. The number of nitrogens with zero attached hydrogens (tertiary/aromatic N) is 6. The van der Waals surface area contributed by atoms with Gasteiger partial charge >= 0.3 is 0 Å². The zero-order valence-electron chi connectivity index (χ0n) is 25.5. The van der Waals surface area contributed by atoms with Gasteiger partial charge in [0.25, 0.3) is 5.56 Å². The van der Waals surface area contributed by atoms with Crippen molar-refractivity contribution in [3.05, 3.63) is 56.8 Å². The first-order valence-corrected chi connectivity index (χ1v) is 18.2. The average molecular weight is 651 g/mol. The van der Waals surface area contributed by atoms with E-state index in [1.54, 1.807) is 22.1 Å². The van der Waals surface area contributed by atoms with Crippen molar-refractivity contribution in [3.8, 4) is 11.3 Å². The van der Waals surface area contributed by atoms with Crippen LogP contribution >= 0.6 is 11.3 Å². The van der Waals surface area contributed by atoms with Gasteiger partial charge in [-0.2, -0.15) is 4.98 Å². The first-order chi connectivity index (χ1) is 21.7. The summed E-state index contributed by atoms with van der Waals surface area (Å²) in [6, 6.07) is 9.98. The van der Waals surface area contributed by atoms with Gasteiger partial charge in [-0.3, -0.25) is 9.36 Å². The molecular formula is C31H38N8O4S2. The van der Waals surface area contributed by atoms with Gasteiger partial charge < -0.3 is 20.3 Å². The lowest BCUT2D eigenvalue weighted by molar-refractivity contribution is 0.186. The Bertz CT molecular complexity index is 1850. The number of piperazine rings is 1. The zero-order valence-corrected chi connectivity index (χ0v) is 27.2. The number of hydrogen-bond acceptors (Lipinski definition) is 11. The molecule has 45 heavy (non-hydrogen) atoms. The van der Waals surface area contributed by atoms with Gasteiger partial charge in [-0.25, -0.2) is 22.7 Å². The highest BCUT2D eigenvalue weighted by Crippen LogP contribution is 2.36. The van der Waals surface area contributed by atoms with Crippen LogP contribution in [0.1, 0.15) is 41.1 Å². The van der Waals surface area contributed by atoms with Gasteiger partial charge in [-0.05, 0) is 56.5 Å². The molecule has 6 heterocycles. The molecule has 0 saturated carbocycles. The maximum atomic E-state index is 14.2. The molecule has 1 atom stereocenters. The summed E-state index contributed by atoms with van der Waals surface area (Å²) < 4.78 is 33.0. The Morgan fingerprint density at radius 3 is 2.49 bits per heavy atom. The van der Waals surface area contributed by atoms with Crippen LogP contribution in [0.5, 0.6) is 0 Å². The summed E-state index contributed by atoms with van der Waals surface area (Å²) in [5.41, 5.74) is 3.67. The van der Waals surface area contributed by atoms with E-state index in [9.17, 15) is 13.2 Å². The van der Waals surface area contributed by atoms with Gasteiger partial charge in [0, 0.05) is 79.6 Å². The minimum absolute atomic E-state index is 0.139. The Hall–Kier alpha value is -3.43. The predicted molar refractivity (Wildman–Crippen MR) is 177 cm³/mol. The number of aromatic nitrogens is 4. The van der Waals surface area contributed by atoms with Crippen LogP contribution in [0.15, 0.2) is 41.3 Å². The van der Waals surface area contributed by atoms with Crippen molar-refractivity contribution in [2.24, 2.45) is 0 Å². The van der Waals surface area contributed by atoms with Gasteiger partial charge in [-0.15, -0.1) is 11.3 Å². The number of rotatable bonds is 7. The molecule has 1 unspecified atom stereocenters. The predicted octanol–water partition coefficient (Wildman–Crippen LogP) is 3.48. The van der Waals surface area contributed by atoms with Crippen LogP contribution in [0.2, 0.25) is 0 Å². The number of anilines is 3. The monoisotopic (exact) mass is 650 g/mol. The van der Waals surface area contributed by atoms with E-state index in [0.717, 1.165) is 53.6 Å². The fourth-order valence-corrected chi connectivity index (χ4v) is 8.48. The summed E-state index contributed by atoms with van der Waals surface area (Å²) in [5, 5.41) is 8.41. The lowest BCUT2D eigenvalue weighted by Crippen LogP contribution is -2.43. The molecule has 3 fully saturated rings. The van der Waals surface area contributed by atoms with E-state index in [1.807, 2.05) is 25.1 Å². The van der Waals surface area contributed by atoms with Crippen molar-refractivity contribution in [2.75, 3.05) is 69.0 Å². The number of benzene rings is 1.